The van der Waals surface area contributed by atoms with Gasteiger partial charge in [0.15, 0.2) is 5.60 Å². The van der Waals surface area contributed by atoms with Crippen LogP contribution in [0.4, 0.5) is 18.0 Å². The van der Waals surface area contributed by atoms with Gasteiger partial charge in [0.25, 0.3) is 0 Å². The first kappa shape index (κ1) is 17.0. The molecule has 24 heavy (non-hydrogen) atoms. The van der Waals surface area contributed by atoms with Crippen LogP contribution < -0.4 is 5.32 Å². The number of urea groups is 1. The van der Waals surface area contributed by atoms with E-state index in [9.17, 15) is 23.1 Å². The van der Waals surface area contributed by atoms with E-state index in [1.165, 1.54) is 4.90 Å². The molecule has 0 spiro atoms. The largest absolute Gasteiger partial charge is 0.417 e. The predicted octanol–water partition coefficient (Wildman–Crippen LogP) is 2.32. The molecular weight excluding hydrogens is 325 g/mol. The van der Waals surface area contributed by atoms with E-state index < -0.39 is 30.7 Å². The summed E-state index contributed by atoms with van der Waals surface area (Å²) in [6.45, 7) is 1.20. The number of nitrogens with zero attached hydrogens (tertiary/aromatic N) is 1. The number of halogens is 3. The van der Waals surface area contributed by atoms with E-state index in [1.807, 2.05) is 18.2 Å². The number of rotatable bonds is 2. The molecule has 0 aliphatic carbocycles. The van der Waals surface area contributed by atoms with Crippen LogP contribution in [0.2, 0.25) is 0 Å². The molecule has 3 rings (SSSR count). The van der Waals surface area contributed by atoms with Gasteiger partial charge >= 0.3 is 12.2 Å². The number of amides is 2. The molecular formula is C16H19F3N2O3. The van der Waals surface area contributed by atoms with Crippen LogP contribution >= 0.6 is 0 Å². The van der Waals surface area contributed by atoms with E-state index in [1.54, 1.807) is 0 Å². The normalized spacial score (nSPS) is 19.9. The van der Waals surface area contributed by atoms with Gasteiger partial charge in [-0.25, -0.2) is 4.79 Å². The number of piperidine rings is 1. The molecule has 1 fully saturated rings. The zero-order chi connectivity index (χ0) is 17.4. The Morgan fingerprint density at radius 3 is 2.58 bits per heavy atom. The third kappa shape index (κ3) is 3.34. The minimum atomic E-state index is -4.66. The number of likely N-dealkylation sites (tertiary alicyclic amines) is 1. The van der Waals surface area contributed by atoms with Crippen LogP contribution in [0, 0.1) is 0 Å². The van der Waals surface area contributed by atoms with Crippen LogP contribution in [-0.4, -0.2) is 40.9 Å². The summed E-state index contributed by atoms with van der Waals surface area (Å²) in [4.78, 5) is 13.4. The van der Waals surface area contributed by atoms with Gasteiger partial charge in [-0.3, -0.25) is 0 Å². The van der Waals surface area contributed by atoms with Crippen molar-refractivity contribution in [3.05, 3.63) is 34.9 Å². The number of aliphatic hydroxyl groups is 1. The number of hydrogen-bond acceptors (Lipinski definition) is 3. The first-order valence-electron chi connectivity index (χ1n) is 7.79. The third-order valence-electron chi connectivity index (χ3n) is 4.64. The van der Waals surface area contributed by atoms with E-state index in [0.717, 1.165) is 16.7 Å². The first-order chi connectivity index (χ1) is 11.3. The topological polar surface area (TPSA) is 61.8 Å². The third-order valence-corrected chi connectivity index (χ3v) is 4.64. The van der Waals surface area contributed by atoms with Crippen molar-refractivity contribution in [2.75, 3.05) is 13.1 Å². The number of benzene rings is 1. The van der Waals surface area contributed by atoms with Gasteiger partial charge in [-0.15, -0.1) is 0 Å². The number of carbonyl (C=O) groups excluding carboxylic acids is 1. The zero-order valence-corrected chi connectivity index (χ0v) is 13.0. The molecule has 1 saturated heterocycles. The Bertz CT molecular complexity index is 625. The van der Waals surface area contributed by atoms with Crippen LogP contribution in [0.5, 0.6) is 0 Å². The predicted molar refractivity (Wildman–Crippen MR) is 79.0 cm³/mol. The second-order valence-electron chi connectivity index (χ2n) is 6.27. The summed E-state index contributed by atoms with van der Waals surface area (Å²) in [6.07, 6.45) is -5.66. The Kier molecular flexibility index (Phi) is 4.44. The van der Waals surface area contributed by atoms with Crippen LogP contribution in [0.15, 0.2) is 18.2 Å². The quantitative estimate of drug-likeness (QED) is 0.866. The number of ether oxygens (including phenoxy) is 1. The molecule has 0 radical (unpaired) electrons. The van der Waals surface area contributed by atoms with Gasteiger partial charge in [0.1, 0.15) is 0 Å². The maximum absolute atomic E-state index is 12.8. The van der Waals surface area contributed by atoms with E-state index in [4.69, 9.17) is 4.74 Å². The van der Waals surface area contributed by atoms with E-state index in [0.29, 0.717) is 19.8 Å². The second kappa shape index (κ2) is 6.25. The Labute approximate surface area is 137 Å². The number of fused-ring (bicyclic) bond motifs is 1. The van der Waals surface area contributed by atoms with E-state index in [-0.39, 0.29) is 13.1 Å². The number of nitrogens with one attached hydrogen (secondary N) is 1. The molecule has 2 N–H and O–H groups in total. The standard InChI is InChI=1S/C16H19F3N2O3/c17-16(18,19)15(23)3-5-21(6-4-15)14(22)20-8-11-1-2-12-9-24-10-13(12)7-11/h1-2,7,23H,3-6,8-10H2,(H,20,22). The summed E-state index contributed by atoms with van der Waals surface area (Å²) in [6, 6.07) is 5.39. The molecule has 0 aromatic heterocycles. The fourth-order valence-electron chi connectivity index (χ4n) is 2.99. The Hall–Kier alpha value is -1.80. The van der Waals surface area contributed by atoms with Crippen molar-refractivity contribution in [3.8, 4) is 0 Å². The summed E-state index contributed by atoms with van der Waals surface area (Å²) in [5.74, 6) is 0. The van der Waals surface area contributed by atoms with Crippen LogP contribution in [0.1, 0.15) is 29.5 Å². The highest BCUT2D eigenvalue weighted by Gasteiger charge is 2.54. The van der Waals surface area contributed by atoms with E-state index >= 15 is 0 Å². The second-order valence-corrected chi connectivity index (χ2v) is 6.27. The molecule has 2 aliphatic heterocycles. The molecule has 0 unspecified atom stereocenters. The summed E-state index contributed by atoms with van der Waals surface area (Å²) >= 11 is 0. The molecule has 1 aromatic rings. The lowest BCUT2D eigenvalue weighted by molar-refractivity contribution is -0.271. The Morgan fingerprint density at radius 2 is 1.92 bits per heavy atom. The SMILES string of the molecule is O=C(NCc1ccc2c(c1)COC2)N1CCC(O)(C(F)(F)F)CC1. The molecule has 2 heterocycles. The number of alkyl halides is 3. The smallest absolute Gasteiger partial charge is 0.380 e. The highest BCUT2D eigenvalue weighted by atomic mass is 19.4. The van der Waals surface area contributed by atoms with Gasteiger partial charge in [-0.05, 0) is 16.7 Å². The summed E-state index contributed by atoms with van der Waals surface area (Å²) in [5.41, 5.74) is 0.447. The maximum atomic E-state index is 12.8. The molecule has 0 atom stereocenters. The van der Waals surface area contributed by atoms with Crippen molar-refractivity contribution in [3.63, 3.8) is 0 Å². The molecule has 5 nitrogen and oxygen atoms in total. The van der Waals surface area contributed by atoms with Crippen LogP contribution in [0.25, 0.3) is 0 Å². The molecule has 8 heteroatoms. The highest BCUT2D eigenvalue weighted by Crippen LogP contribution is 2.38. The fraction of sp³-hybridized carbons (Fsp3) is 0.562. The van der Waals surface area contributed by atoms with Gasteiger partial charge in [0, 0.05) is 32.5 Å². The van der Waals surface area contributed by atoms with Crippen molar-refractivity contribution in [2.24, 2.45) is 0 Å². The molecule has 0 bridgehead atoms. The lowest BCUT2D eigenvalue weighted by Crippen LogP contribution is -2.55. The number of carbonyl (C=O) groups is 1. The summed E-state index contributed by atoms with van der Waals surface area (Å²) < 4.78 is 43.6. The Morgan fingerprint density at radius 1 is 1.25 bits per heavy atom. The molecule has 2 aliphatic rings. The molecule has 1 aromatic carbocycles. The van der Waals surface area contributed by atoms with Crippen molar-refractivity contribution < 1.29 is 27.8 Å². The fourth-order valence-corrected chi connectivity index (χ4v) is 2.99. The maximum Gasteiger partial charge on any atom is 0.417 e. The first-order valence-corrected chi connectivity index (χ1v) is 7.79. The lowest BCUT2D eigenvalue weighted by Gasteiger charge is -2.39. The van der Waals surface area contributed by atoms with Gasteiger partial charge in [0.05, 0.1) is 13.2 Å². The average molecular weight is 344 g/mol. The van der Waals surface area contributed by atoms with Crippen LogP contribution in [0.3, 0.4) is 0 Å². The molecule has 2 amide bonds. The average Bonchev–Trinajstić information content (AvgIpc) is 3.00. The van der Waals surface area contributed by atoms with Crippen molar-refractivity contribution >= 4 is 6.03 Å². The van der Waals surface area contributed by atoms with Crippen LogP contribution in [-0.2, 0) is 24.5 Å². The van der Waals surface area contributed by atoms with Gasteiger partial charge in [-0.1, -0.05) is 18.2 Å². The van der Waals surface area contributed by atoms with Gasteiger partial charge in [0.2, 0.25) is 0 Å². The number of hydrogen-bond donors (Lipinski definition) is 2. The summed E-state index contributed by atoms with van der Waals surface area (Å²) in [5, 5.41) is 12.3. The molecule has 132 valence electrons. The molecule has 0 saturated carbocycles. The summed E-state index contributed by atoms with van der Waals surface area (Å²) in [7, 11) is 0. The monoisotopic (exact) mass is 344 g/mol. The van der Waals surface area contributed by atoms with Gasteiger partial charge in [-0.2, -0.15) is 13.2 Å². The lowest BCUT2D eigenvalue weighted by atomic mass is 9.91. The Balaban J connectivity index is 1.51. The minimum Gasteiger partial charge on any atom is -0.380 e. The zero-order valence-electron chi connectivity index (χ0n) is 13.0. The van der Waals surface area contributed by atoms with Crippen molar-refractivity contribution in [2.45, 2.75) is 44.4 Å². The van der Waals surface area contributed by atoms with Crippen molar-refractivity contribution in [1.29, 1.82) is 0 Å². The van der Waals surface area contributed by atoms with Gasteiger partial charge < -0.3 is 20.1 Å². The highest BCUT2D eigenvalue weighted by molar-refractivity contribution is 5.74. The van der Waals surface area contributed by atoms with E-state index in [2.05, 4.69) is 5.32 Å². The van der Waals surface area contributed by atoms with Crippen molar-refractivity contribution in [1.82, 2.24) is 10.2 Å². The minimum absolute atomic E-state index is 0.125.